The molecule has 0 bridgehead atoms. The number of nitrogens with one attached hydrogen (secondary N) is 1. The van der Waals surface area contributed by atoms with Gasteiger partial charge in [-0.25, -0.2) is 4.79 Å². The summed E-state index contributed by atoms with van der Waals surface area (Å²) in [7, 11) is 0. The summed E-state index contributed by atoms with van der Waals surface area (Å²) >= 11 is 0. The Balaban J connectivity index is 1.42. The van der Waals surface area contributed by atoms with Crippen molar-refractivity contribution in [3.8, 4) is 5.69 Å². The Bertz CT molecular complexity index is 1550. The molecule has 1 saturated carbocycles. The molecule has 0 amide bonds. The number of hydrogen-bond acceptors (Lipinski definition) is 4. The summed E-state index contributed by atoms with van der Waals surface area (Å²) in [5, 5.41) is 11.2. The predicted molar refractivity (Wildman–Crippen MR) is 142 cm³/mol. The highest BCUT2D eigenvalue weighted by molar-refractivity contribution is 5.58. The number of imidazole rings is 1. The highest BCUT2D eigenvalue weighted by atomic mass is 19.4. The number of fused-ring (bicyclic) bond motifs is 1. The molecule has 1 N–H and O–H groups in total. The van der Waals surface area contributed by atoms with E-state index in [0.29, 0.717) is 29.6 Å². The monoisotopic (exact) mass is 538 g/mol. The Morgan fingerprint density at radius 2 is 1.95 bits per heavy atom. The van der Waals surface area contributed by atoms with Gasteiger partial charge in [-0.1, -0.05) is 30.7 Å². The van der Waals surface area contributed by atoms with Gasteiger partial charge in [-0.2, -0.15) is 13.2 Å². The summed E-state index contributed by atoms with van der Waals surface area (Å²) in [5.74, 6) is 0.958. The lowest BCUT2D eigenvalue weighted by atomic mass is 9.71. The number of likely N-dealkylation sites (tertiary alicyclic amines) is 1. The molecule has 206 valence electrons. The van der Waals surface area contributed by atoms with Gasteiger partial charge in [0.05, 0.1) is 28.2 Å². The molecular weight excluding hydrogens is 505 g/mol. The van der Waals surface area contributed by atoms with Gasteiger partial charge in [0.15, 0.2) is 0 Å². The summed E-state index contributed by atoms with van der Waals surface area (Å²) in [6, 6.07) is 8.75. The van der Waals surface area contributed by atoms with Crippen LogP contribution in [0.5, 0.6) is 0 Å². The first-order valence-corrected chi connectivity index (χ1v) is 13.7. The molecule has 0 unspecified atom stereocenters. The van der Waals surface area contributed by atoms with Crippen LogP contribution in [0.25, 0.3) is 11.2 Å². The van der Waals surface area contributed by atoms with E-state index in [9.17, 15) is 18.0 Å². The molecule has 4 aromatic rings. The first kappa shape index (κ1) is 25.9. The topological polar surface area (TPSA) is 71.2 Å². The highest BCUT2D eigenvalue weighted by Crippen LogP contribution is 2.43. The van der Waals surface area contributed by atoms with Crippen LogP contribution in [0.15, 0.2) is 47.5 Å². The van der Waals surface area contributed by atoms with Crippen molar-refractivity contribution in [2.45, 2.75) is 64.6 Å². The van der Waals surface area contributed by atoms with Crippen LogP contribution in [-0.2, 0) is 12.7 Å². The predicted octanol–water partition coefficient (Wildman–Crippen LogP) is 5.70. The van der Waals surface area contributed by atoms with Crippen molar-refractivity contribution in [1.82, 2.24) is 29.3 Å². The third-order valence-corrected chi connectivity index (χ3v) is 8.48. The first-order valence-electron chi connectivity index (χ1n) is 13.7. The third-order valence-electron chi connectivity index (χ3n) is 8.48. The smallest absolute Gasteiger partial charge is 0.299 e. The summed E-state index contributed by atoms with van der Waals surface area (Å²) in [4.78, 5) is 15.8. The number of aryl methyl sites for hydroxylation is 1. The summed E-state index contributed by atoms with van der Waals surface area (Å²) in [6.45, 7) is 6.15. The van der Waals surface area contributed by atoms with Gasteiger partial charge < -0.3 is 0 Å². The SMILES string of the molecule is Cc1nn[nH]c1[C@@H](c1cccc(-n2cc3c(C(F)(F)F)cc(CN4CCC[C@H](C)C4)cn3c2=O)c1)C1CCC1. The number of piperidine rings is 1. The van der Waals surface area contributed by atoms with Gasteiger partial charge in [-0.3, -0.25) is 19.0 Å². The number of rotatable bonds is 6. The Labute approximate surface area is 224 Å². The van der Waals surface area contributed by atoms with E-state index in [1.165, 1.54) is 16.8 Å². The summed E-state index contributed by atoms with van der Waals surface area (Å²) < 4.78 is 45.2. The van der Waals surface area contributed by atoms with E-state index in [1.807, 2.05) is 25.1 Å². The number of H-pyrrole nitrogens is 1. The van der Waals surface area contributed by atoms with Gasteiger partial charge in [0.25, 0.3) is 0 Å². The van der Waals surface area contributed by atoms with Crippen LogP contribution in [0.4, 0.5) is 13.2 Å². The van der Waals surface area contributed by atoms with E-state index in [0.717, 1.165) is 66.5 Å². The molecule has 1 aliphatic carbocycles. The molecule has 1 aromatic carbocycles. The number of alkyl halides is 3. The molecule has 0 spiro atoms. The van der Waals surface area contributed by atoms with E-state index in [2.05, 4.69) is 27.2 Å². The fraction of sp³-hybridized carbons (Fsp3) is 0.483. The Morgan fingerprint density at radius 1 is 1.13 bits per heavy atom. The largest absolute Gasteiger partial charge is 0.418 e. The minimum Gasteiger partial charge on any atom is -0.299 e. The van der Waals surface area contributed by atoms with E-state index in [-0.39, 0.29) is 11.4 Å². The van der Waals surface area contributed by atoms with Crippen LogP contribution in [0.3, 0.4) is 0 Å². The zero-order valence-electron chi connectivity index (χ0n) is 22.2. The second-order valence-corrected chi connectivity index (χ2v) is 11.4. The van der Waals surface area contributed by atoms with Gasteiger partial charge in [-0.15, -0.1) is 5.10 Å². The van der Waals surface area contributed by atoms with Gasteiger partial charge in [-0.05, 0) is 80.3 Å². The minimum atomic E-state index is -4.59. The average molecular weight is 539 g/mol. The van der Waals surface area contributed by atoms with Crippen molar-refractivity contribution in [3.63, 3.8) is 0 Å². The number of aromatic amines is 1. The van der Waals surface area contributed by atoms with Crippen molar-refractivity contribution in [3.05, 3.63) is 81.3 Å². The minimum absolute atomic E-state index is 0.0331. The number of pyridine rings is 1. The molecule has 2 atom stereocenters. The lowest BCUT2D eigenvalue weighted by Crippen LogP contribution is -2.34. The molecule has 2 fully saturated rings. The molecule has 1 aliphatic heterocycles. The van der Waals surface area contributed by atoms with Crippen LogP contribution in [0.1, 0.15) is 73.0 Å². The zero-order chi connectivity index (χ0) is 27.3. The van der Waals surface area contributed by atoms with Gasteiger partial charge >= 0.3 is 11.9 Å². The number of aromatic nitrogens is 5. The maximum absolute atomic E-state index is 14.2. The highest BCUT2D eigenvalue weighted by Gasteiger charge is 2.35. The molecular formula is C29H33F3N6O. The molecule has 2 aliphatic rings. The van der Waals surface area contributed by atoms with Crippen molar-refractivity contribution >= 4 is 5.52 Å². The molecule has 1 saturated heterocycles. The lowest BCUT2D eigenvalue weighted by Gasteiger charge is -2.33. The van der Waals surface area contributed by atoms with E-state index in [4.69, 9.17) is 0 Å². The molecule has 7 nitrogen and oxygen atoms in total. The van der Waals surface area contributed by atoms with Gasteiger partial charge in [0.1, 0.15) is 0 Å². The van der Waals surface area contributed by atoms with Crippen molar-refractivity contribution in [2.75, 3.05) is 13.1 Å². The van der Waals surface area contributed by atoms with Crippen LogP contribution >= 0.6 is 0 Å². The maximum atomic E-state index is 14.2. The van der Waals surface area contributed by atoms with Crippen LogP contribution in [0.2, 0.25) is 0 Å². The number of nitrogens with zero attached hydrogens (tertiary/aromatic N) is 5. The molecule has 0 radical (unpaired) electrons. The van der Waals surface area contributed by atoms with Gasteiger partial charge in [0, 0.05) is 31.4 Å². The third kappa shape index (κ3) is 4.90. The van der Waals surface area contributed by atoms with Crippen LogP contribution in [0, 0.1) is 18.8 Å². The van der Waals surface area contributed by atoms with Crippen molar-refractivity contribution < 1.29 is 13.2 Å². The molecule has 6 rings (SSSR count). The summed E-state index contributed by atoms with van der Waals surface area (Å²) in [5.41, 5.74) is 2.35. The first-order chi connectivity index (χ1) is 18.7. The second-order valence-electron chi connectivity index (χ2n) is 11.4. The molecule has 39 heavy (non-hydrogen) atoms. The quantitative estimate of drug-likeness (QED) is 0.342. The van der Waals surface area contributed by atoms with Crippen molar-refractivity contribution in [2.24, 2.45) is 11.8 Å². The average Bonchev–Trinajstić information content (AvgIpc) is 3.43. The zero-order valence-corrected chi connectivity index (χ0v) is 22.2. The Kier molecular flexibility index (Phi) is 6.61. The fourth-order valence-corrected chi connectivity index (χ4v) is 6.33. The normalized spacial score (nSPS) is 19.9. The number of hydrogen-bond donors (Lipinski definition) is 1. The van der Waals surface area contributed by atoms with Crippen LogP contribution < -0.4 is 5.69 Å². The Morgan fingerprint density at radius 3 is 2.62 bits per heavy atom. The van der Waals surface area contributed by atoms with E-state index < -0.39 is 17.4 Å². The van der Waals surface area contributed by atoms with E-state index in [1.54, 1.807) is 12.3 Å². The van der Waals surface area contributed by atoms with Gasteiger partial charge in [0.2, 0.25) is 0 Å². The number of halogens is 3. The second kappa shape index (κ2) is 9.97. The summed E-state index contributed by atoms with van der Waals surface area (Å²) in [6.07, 6.45) is 3.78. The van der Waals surface area contributed by atoms with E-state index >= 15 is 0 Å². The number of benzene rings is 1. The maximum Gasteiger partial charge on any atom is 0.418 e. The molecule has 3 aromatic heterocycles. The standard InChI is InChI=1S/C29H33F3N6O/c1-18-6-5-11-36(14-18)15-20-12-24(29(30,31)32)25-17-37(28(39)38(25)16-20)23-10-4-9-22(13-23)26(21-7-3-8-21)27-19(2)33-35-34-27/h4,9-10,12-13,16-18,21,26H,3,5-8,11,14-15H2,1-2H3,(H,33,34,35)/t18-,26+/m0/s1. The fourth-order valence-electron chi connectivity index (χ4n) is 6.33. The Hall–Kier alpha value is -3.40. The molecule has 10 heteroatoms. The van der Waals surface area contributed by atoms with Crippen molar-refractivity contribution in [1.29, 1.82) is 0 Å². The molecule has 4 heterocycles. The lowest BCUT2D eigenvalue weighted by molar-refractivity contribution is -0.136. The van der Waals surface area contributed by atoms with Crippen LogP contribution in [-0.4, -0.2) is 42.4 Å².